The second kappa shape index (κ2) is 6.38. The number of anilines is 1. The smallest absolute Gasteiger partial charge is 0.246 e. The SMILES string of the molecule is CC(C)(C)C(=O)c1cn(CC(=O)N2CCc3ccccc32)c2ccccc12. The van der Waals surface area contributed by atoms with Gasteiger partial charge in [0.15, 0.2) is 5.78 Å². The van der Waals surface area contributed by atoms with Crippen molar-refractivity contribution in [3.05, 3.63) is 65.9 Å². The Morgan fingerprint density at radius 1 is 1.00 bits per heavy atom. The minimum Gasteiger partial charge on any atom is -0.337 e. The Kier molecular flexibility index (Phi) is 4.14. The molecule has 2 heterocycles. The van der Waals surface area contributed by atoms with Gasteiger partial charge in [0.1, 0.15) is 6.54 Å². The number of fused-ring (bicyclic) bond motifs is 2. The van der Waals surface area contributed by atoms with Crippen LogP contribution >= 0.6 is 0 Å². The number of rotatable bonds is 3. The number of carbonyl (C=O) groups excluding carboxylic acids is 2. The molecule has 4 heteroatoms. The van der Waals surface area contributed by atoms with Crippen molar-refractivity contribution in [2.24, 2.45) is 5.41 Å². The quantitative estimate of drug-likeness (QED) is 0.647. The Balaban J connectivity index is 1.69. The predicted molar refractivity (Wildman–Crippen MR) is 108 cm³/mol. The molecule has 138 valence electrons. The van der Waals surface area contributed by atoms with E-state index in [1.54, 1.807) is 0 Å². The lowest BCUT2D eigenvalue weighted by Crippen LogP contribution is -2.32. The largest absolute Gasteiger partial charge is 0.337 e. The first-order chi connectivity index (χ1) is 12.9. The van der Waals surface area contributed by atoms with Gasteiger partial charge in [0, 0.05) is 40.3 Å². The number of ketones is 1. The lowest BCUT2D eigenvalue weighted by molar-refractivity contribution is -0.119. The Hall–Kier alpha value is -2.88. The summed E-state index contributed by atoms with van der Waals surface area (Å²) in [6.07, 6.45) is 2.74. The average molecular weight is 360 g/mol. The van der Waals surface area contributed by atoms with Crippen LogP contribution < -0.4 is 4.90 Å². The molecule has 0 unspecified atom stereocenters. The number of carbonyl (C=O) groups is 2. The van der Waals surface area contributed by atoms with Crippen molar-refractivity contribution in [2.75, 3.05) is 11.4 Å². The van der Waals surface area contributed by atoms with E-state index in [2.05, 4.69) is 6.07 Å². The van der Waals surface area contributed by atoms with Crippen LogP contribution in [0.2, 0.25) is 0 Å². The van der Waals surface area contributed by atoms with E-state index >= 15 is 0 Å². The van der Waals surface area contributed by atoms with Crippen LogP contribution in [0.15, 0.2) is 54.7 Å². The number of para-hydroxylation sites is 2. The molecule has 4 rings (SSSR count). The average Bonchev–Trinajstić information content (AvgIpc) is 3.22. The van der Waals surface area contributed by atoms with Gasteiger partial charge >= 0.3 is 0 Å². The summed E-state index contributed by atoms with van der Waals surface area (Å²) in [5.41, 5.74) is 3.36. The molecular weight excluding hydrogens is 336 g/mol. The first-order valence-corrected chi connectivity index (χ1v) is 9.37. The van der Waals surface area contributed by atoms with Crippen molar-refractivity contribution in [3.8, 4) is 0 Å². The molecule has 1 aliphatic heterocycles. The number of hydrogen-bond acceptors (Lipinski definition) is 2. The Bertz CT molecular complexity index is 1040. The fourth-order valence-electron chi connectivity index (χ4n) is 3.79. The monoisotopic (exact) mass is 360 g/mol. The number of benzene rings is 2. The highest BCUT2D eigenvalue weighted by Crippen LogP contribution is 2.30. The molecule has 0 atom stereocenters. The second-order valence-corrected chi connectivity index (χ2v) is 8.19. The summed E-state index contributed by atoms with van der Waals surface area (Å²) in [4.78, 5) is 27.8. The molecule has 0 saturated heterocycles. The van der Waals surface area contributed by atoms with Crippen LogP contribution in [0, 0.1) is 5.41 Å². The van der Waals surface area contributed by atoms with Gasteiger partial charge in [0.2, 0.25) is 5.91 Å². The summed E-state index contributed by atoms with van der Waals surface area (Å²) in [7, 11) is 0. The number of hydrogen-bond donors (Lipinski definition) is 0. The van der Waals surface area contributed by atoms with Gasteiger partial charge in [0.25, 0.3) is 0 Å². The highest BCUT2D eigenvalue weighted by Gasteiger charge is 2.28. The van der Waals surface area contributed by atoms with Gasteiger partial charge in [-0.05, 0) is 24.1 Å². The van der Waals surface area contributed by atoms with E-state index < -0.39 is 5.41 Å². The molecule has 0 aliphatic carbocycles. The maximum Gasteiger partial charge on any atom is 0.246 e. The lowest BCUT2D eigenvalue weighted by Gasteiger charge is -2.18. The standard InChI is InChI=1S/C23H24N2O2/c1-23(2,3)22(27)18-14-24(20-11-7-5-9-17(18)20)15-21(26)25-13-12-16-8-4-6-10-19(16)25/h4-11,14H,12-13,15H2,1-3H3. The molecule has 1 aliphatic rings. The van der Waals surface area contributed by atoms with Gasteiger partial charge in [-0.2, -0.15) is 0 Å². The predicted octanol–water partition coefficient (Wildman–Crippen LogP) is 4.46. The highest BCUT2D eigenvalue weighted by atomic mass is 16.2. The van der Waals surface area contributed by atoms with E-state index in [0.717, 1.165) is 23.0 Å². The molecule has 27 heavy (non-hydrogen) atoms. The van der Waals surface area contributed by atoms with Crippen molar-refractivity contribution >= 4 is 28.3 Å². The zero-order valence-corrected chi connectivity index (χ0v) is 16.0. The van der Waals surface area contributed by atoms with Crippen LogP contribution in [0.3, 0.4) is 0 Å². The molecule has 0 bridgehead atoms. The molecular formula is C23H24N2O2. The molecule has 0 fully saturated rings. The van der Waals surface area contributed by atoms with Gasteiger partial charge in [-0.1, -0.05) is 57.2 Å². The summed E-state index contributed by atoms with van der Waals surface area (Å²) in [6.45, 7) is 6.71. The molecule has 3 aromatic rings. The minimum absolute atomic E-state index is 0.0514. The third-order valence-corrected chi connectivity index (χ3v) is 5.21. The normalized spacial score (nSPS) is 13.8. The Labute approximate surface area is 159 Å². The van der Waals surface area contributed by atoms with Gasteiger partial charge in [0.05, 0.1) is 0 Å². The minimum atomic E-state index is -0.465. The van der Waals surface area contributed by atoms with Crippen LogP contribution in [0.5, 0.6) is 0 Å². The fraction of sp³-hybridized carbons (Fsp3) is 0.304. The fourth-order valence-corrected chi connectivity index (χ4v) is 3.79. The van der Waals surface area contributed by atoms with E-state index in [-0.39, 0.29) is 18.2 Å². The summed E-state index contributed by atoms with van der Waals surface area (Å²) in [5, 5.41) is 0.909. The van der Waals surface area contributed by atoms with Crippen molar-refractivity contribution in [3.63, 3.8) is 0 Å². The van der Waals surface area contributed by atoms with Gasteiger partial charge in [-0.15, -0.1) is 0 Å². The summed E-state index contributed by atoms with van der Waals surface area (Å²) >= 11 is 0. The van der Waals surface area contributed by atoms with E-state index in [0.29, 0.717) is 12.1 Å². The molecule has 1 aromatic heterocycles. The van der Waals surface area contributed by atoms with E-state index in [1.165, 1.54) is 5.56 Å². The topological polar surface area (TPSA) is 42.3 Å². The third kappa shape index (κ3) is 3.05. The first-order valence-electron chi connectivity index (χ1n) is 9.37. The number of nitrogens with zero attached hydrogens (tertiary/aromatic N) is 2. The third-order valence-electron chi connectivity index (χ3n) is 5.21. The van der Waals surface area contributed by atoms with Crippen molar-refractivity contribution in [2.45, 2.75) is 33.7 Å². The summed E-state index contributed by atoms with van der Waals surface area (Å²) < 4.78 is 1.91. The zero-order valence-electron chi connectivity index (χ0n) is 16.0. The van der Waals surface area contributed by atoms with Crippen LogP contribution in [0.4, 0.5) is 5.69 Å². The maximum absolute atomic E-state index is 13.0. The van der Waals surface area contributed by atoms with Crippen LogP contribution in [0.1, 0.15) is 36.7 Å². The first kappa shape index (κ1) is 17.5. The molecule has 4 nitrogen and oxygen atoms in total. The van der Waals surface area contributed by atoms with Crippen molar-refractivity contribution in [1.82, 2.24) is 4.57 Å². The van der Waals surface area contributed by atoms with Crippen LogP contribution in [-0.4, -0.2) is 22.8 Å². The molecule has 0 radical (unpaired) electrons. The van der Waals surface area contributed by atoms with Crippen LogP contribution in [0.25, 0.3) is 10.9 Å². The Morgan fingerprint density at radius 3 is 2.48 bits per heavy atom. The van der Waals surface area contributed by atoms with Gasteiger partial charge in [-0.25, -0.2) is 0 Å². The molecule has 2 aromatic carbocycles. The molecule has 0 saturated carbocycles. The highest BCUT2D eigenvalue weighted by molar-refractivity contribution is 6.10. The second-order valence-electron chi connectivity index (χ2n) is 8.19. The summed E-state index contributed by atoms with van der Waals surface area (Å²) in [6, 6.07) is 15.9. The molecule has 0 spiro atoms. The van der Waals surface area contributed by atoms with E-state index in [1.807, 2.05) is 78.9 Å². The molecule has 1 amide bonds. The van der Waals surface area contributed by atoms with Crippen molar-refractivity contribution < 1.29 is 9.59 Å². The molecule has 0 N–H and O–H groups in total. The Morgan fingerprint density at radius 2 is 1.70 bits per heavy atom. The van der Waals surface area contributed by atoms with E-state index in [9.17, 15) is 9.59 Å². The lowest BCUT2D eigenvalue weighted by atomic mass is 9.86. The van der Waals surface area contributed by atoms with Crippen molar-refractivity contribution in [1.29, 1.82) is 0 Å². The number of amides is 1. The van der Waals surface area contributed by atoms with Gasteiger partial charge in [-0.3, -0.25) is 9.59 Å². The van der Waals surface area contributed by atoms with Crippen LogP contribution in [-0.2, 0) is 17.8 Å². The maximum atomic E-state index is 13.0. The van der Waals surface area contributed by atoms with Gasteiger partial charge < -0.3 is 9.47 Å². The summed E-state index contributed by atoms with van der Waals surface area (Å²) in [5.74, 6) is 0.145. The number of aromatic nitrogens is 1. The zero-order chi connectivity index (χ0) is 19.2. The van der Waals surface area contributed by atoms with E-state index in [4.69, 9.17) is 0 Å². The number of Topliss-reactive ketones (excluding diaryl/α,β-unsaturated/α-hetero) is 1.